The van der Waals surface area contributed by atoms with Crippen molar-refractivity contribution in [1.29, 1.82) is 0 Å². The lowest BCUT2D eigenvalue weighted by Crippen LogP contribution is -2.48. The SMILES string of the molecule is Cc1sc2ncnc(N3CC(n4cccn4)C3)c2c1C. The Balaban J connectivity index is 1.67. The standard InChI is InChI=1S/C14H15N5S/c1-9-10(2)20-14-12(9)13(15-8-16-14)18-6-11(7-18)19-5-3-4-17-19/h3-5,8,11H,6-7H2,1-2H3. The minimum atomic E-state index is 0.454. The number of aryl methyl sites for hydroxylation is 2. The highest BCUT2D eigenvalue weighted by atomic mass is 32.1. The molecule has 1 aliphatic heterocycles. The molecule has 0 radical (unpaired) electrons. The monoisotopic (exact) mass is 285 g/mol. The van der Waals surface area contributed by atoms with Crippen molar-refractivity contribution in [3.8, 4) is 0 Å². The summed E-state index contributed by atoms with van der Waals surface area (Å²) in [5.74, 6) is 1.07. The molecule has 1 saturated heterocycles. The van der Waals surface area contributed by atoms with Gasteiger partial charge in [0, 0.05) is 30.4 Å². The van der Waals surface area contributed by atoms with E-state index in [9.17, 15) is 0 Å². The van der Waals surface area contributed by atoms with E-state index in [2.05, 4.69) is 33.8 Å². The molecule has 0 atom stereocenters. The molecule has 0 spiro atoms. The average molecular weight is 285 g/mol. The van der Waals surface area contributed by atoms with Gasteiger partial charge in [-0.1, -0.05) is 0 Å². The Hall–Kier alpha value is -1.95. The lowest BCUT2D eigenvalue weighted by Gasteiger charge is -2.40. The predicted molar refractivity (Wildman–Crippen MR) is 80.4 cm³/mol. The van der Waals surface area contributed by atoms with E-state index in [1.165, 1.54) is 15.8 Å². The number of nitrogens with zero attached hydrogens (tertiary/aromatic N) is 5. The Labute approximate surface area is 120 Å². The molecule has 4 heterocycles. The normalized spacial score (nSPS) is 15.8. The quantitative estimate of drug-likeness (QED) is 0.726. The van der Waals surface area contributed by atoms with Crippen LogP contribution in [0.1, 0.15) is 16.5 Å². The van der Waals surface area contributed by atoms with E-state index in [1.807, 2.05) is 23.1 Å². The Morgan fingerprint density at radius 2 is 2.10 bits per heavy atom. The molecule has 6 heteroatoms. The highest BCUT2D eigenvalue weighted by molar-refractivity contribution is 7.18. The Bertz CT molecular complexity index is 755. The van der Waals surface area contributed by atoms with Gasteiger partial charge in [0.25, 0.3) is 0 Å². The summed E-state index contributed by atoms with van der Waals surface area (Å²) in [6.07, 6.45) is 5.53. The third-order valence-corrected chi connectivity index (χ3v) is 5.12. The summed E-state index contributed by atoms with van der Waals surface area (Å²) in [4.78, 5) is 13.6. The van der Waals surface area contributed by atoms with Crippen molar-refractivity contribution >= 4 is 27.4 Å². The van der Waals surface area contributed by atoms with Gasteiger partial charge in [0.05, 0.1) is 11.4 Å². The molecule has 0 aromatic carbocycles. The molecule has 20 heavy (non-hydrogen) atoms. The van der Waals surface area contributed by atoms with Gasteiger partial charge in [0.1, 0.15) is 17.0 Å². The molecule has 1 fully saturated rings. The maximum Gasteiger partial charge on any atom is 0.141 e. The number of fused-ring (bicyclic) bond motifs is 1. The van der Waals surface area contributed by atoms with Crippen LogP contribution in [0.5, 0.6) is 0 Å². The van der Waals surface area contributed by atoms with Crippen LogP contribution in [0, 0.1) is 13.8 Å². The zero-order chi connectivity index (χ0) is 13.7. The van der Waals surface area contributed by atoms with Crippen LogP contribution < -0.4 is 4.90 Å². The Morgan fingerprint density at radius 3 is 2.85 bits per heavy atom. The van der Waals surface area contributed by atoms with Crippen LogP contribution in [0.2, 0.25) is 0 Å². The number of hydrogen-bond acceptors (Lipinski definition) is 5. The maximum atomic E-state index is 4.51. The molecule has 0 saturated carbocycles. The fraction of sp³-hybridized carbons (Fsp3) is 0.357. The average Bonchev–Trinajstić information content (AvgIpc) is 2.98. The number of rotatable bonds is 2. The van der Waals surface area contributed by atoms with E-state index in [-0.39, 0.29) is 0 Å². The first kappa shape index (κ1) is 11.8. The maximum absolute atomic E-state index is 4.51. The summed E-state index contributed by atoms with van der Waals surface area (Å²) in [7, 11) is 0. The summed E-state index contributed by atoms with van der Waals surface area (Å²) in [5, 5.41) is 5.53. The molecular weight excluding hydrogens is 270 g/mol. The van der Waals surface area contributed by atoms with Crippen molar-refractivity contribution in [2.75, 3.05) is 18.0 Å². The number of anilines is 1. The molecule has 0 bridgehead atoms. The minimum Gasteiger partial charge on any atom is -0.352 e. The molecule has 3 aromatic rings. The van der Waals surface area contributed by atoms with Gasteiger partial charge in [-0.2, -0.15) is 5.10 Å². The molecule has 0 unspecified atom stereocenters. The van der Waals surface area contributed by atoms with Gasteiger partial charge in [0.15, 0.2) is 0 Å². The molecule has 5 nitrogen and oxygen atoms in total. The van der Waals surface area contributed by atoms with Gasteiger partial charge in [-0.15, -0.1) is 11.3 Å². The largest absolute Gasteiger partial charge is 0.352 e. The molecule has 102 valence electrons. The van der Waals surface area contributed by atoms with Gasteiger partial charge >= 0.3 is 0 Å². The molecule has 0 N–H and O–H groups in total. The van der Waals surface area contributed by atoms with Crippen molar-refractivity contribution in [2.45, 2.75) is 19.9 Å². The van der Waals surface area contributed by atoms with E-state index in [4.69, 9.17) is 0 Å². The van der Waals surface area contributed by atoms with Crippen molar-refractivity contribution in [3.05, 3.63) is 35.2 Å². The summed E-state index contributed by atoms with van der Waals surface area (Å²) in [6, 6.07) is 2.42. The van der Waals surface area contributed by atoms with Crippen molar-refractivity contribution in [3.63, 3.8) is 0 Å². The zero-order valence-corrected chi connectivity index (χ0v) is 12.3. The van der Waals surface area contributed by atoms with Gasteiger partial charge in [-0.3, -0.25) is 4.68 Å². The van der Waals surface area contributed by atoms with Crippen LogP contribution in [-0.4, -0.2) is 32.8 Å². The minimum absolute atomic E-state index is 0.454. The van der Waals surface area contributed by atoms with Crippen LogP contribution in [0.4, 0.5) is 5.82 Å². The molecule has 1 aliphatic rings. The van der Waals surface area contributed by atoms with E-state index in [1.54, 1.807) is 17.7 Å². The fourth-order valence-corrected chi connectivity index (χ4v) is 3.69. The predicted octanol–water partition coefficient (Wildman–Crippen LogP) is 2.57. The van der Waals surface area contributed by atoms with Gasteiger partial charge in [-0.25, -0.2) is 9.97 Å². The van der Waals surface area contributed by atoms with E-state index in [0.29, 0.717) is 6.04 Å². The third-order valence-electron chi connectivity index (χ3n) is 4.01. The van der Waals surface area contributed by atoms with Gasteiger partial charge < -0.3 is 4.90 Å². The lowest BCUT2D eigenvalue weighted by atomic mass is 10.1. The molecule has 4 rings (SSSR count). The van der Waals surface area contributed by atoms with Crippen LogP contribution in [0.3, 0.4) is 0 Å². The van der Waals surface area contributed by atoms with Crippen LogP contribution in [0.15, 0.2) is 24.8 Å². The van der Waals surface area contributed by atoms with Gasteiger partial charge in [0.2, 0.25) is 0 Å². The second-order valence-corrected chi connectivity index (χ2v) is 6.41. The third kappa shape index (κ3) is 1.64. The zero-order valence-electron chi connectivity index (χ0n) is 11.4. The second-order valence-electron chi connectivity index (χ2n) is 5.21. The smallest absolute Gasteiger partial charge is 0.141 e. The topological polar surface area (TPSA) is 46.8 Å². The highest BCUT2D eigenvalue weighted by Gasteiger charge is 2.31. The second kappa shape index (κ2) is 4.28. The summed E-state index contributed by atoms with van der Waals surface area (Å²) >= 11 is 1.75. The van der Waals surface area contributed by atoms with Crippen LogP contribution in [-0.2, 0) is 0 Å². The molecule has 3 aromatic heterocycles. The van der Waals surface area contributed by atoms with E-state index >= 15 is 0 Å². The van der Waals surface area contributed by atoms with Crippen LogP contribution >= 0.6 is 11.3 Å². The molecule has 0 aliphatic carbocycles. The molecule has 0 amide bonds. The Kier molecular flexibility index (Phi) is 2.53. The summed E-state index contributed by atoms with van der Waals surface area (Å²) in [6.45, 7) is 6.23. The van der Waals surface area contributed by atoms with Crippen molar-refractivity contribution in [1.82, 2.24) is 19.7 Å². The van der Waals surface area contributed by atoms with Crippen molar-refractivity contribution < 1.29 is 0 Å². The highest BCUT2D eigenvalue weighted by Crippen LogP contribution is 2.37. The first-order valence-corrected chi connectivity index (χ1v) is 7.50. The first-order chi connectivity index (χ1) is 9.74. The Morgan fingerprint density at radius 1 is 1.25 bits per heavy atom. The van der Waals surface area contributed by atoms with E-state index in [0.717, 1.165) is 23.7 Å². The first-order valence-electron chi connectivity index (χ1n) is 6.69. The van der Waals surface area contributed by atoms with Crippen molar-refractivity contribution in [2.24, 2.45) is 0 Å². The lowest BCUT2D eigenvalue weighted by molar-refractivity contribution is 0.366. The van der Waals surface area contributed by atoms with Gasteiger partial charge in [-0.05, 0) is 25.5 Å². The number of aromatic nitrogens is 4. The fourth-order valence-electron chi connectivity index (χ4n) is 2.70. The van der Waals surface area contributed by atoms with Crippen LogP contribution in [0.25, 0.3) is 10.2 Å². The molecular formula is C14H15N5S. The summed E-state index contributed by atoms with van der Waals surface area (Å²) in [5.41, 5.74) is 1.31. The summed E-state index contributed by atoms with van der Waals surface area (Å²) < 4.78 is 2.03. The van der Waals surface area contributed by atoms with E-state index < -0.39 is 0 Å². The number of hydrogen-bond donors (Lipinski definition) is 0. The number of thiophene rings is 1.